The first kappa shape index (κ1) is 16.9. The Morgan fingerprint density at radius 2 is 2.05 bits per heavy atom. The molecule has 0 atom stereocenters. The third kappa shape index (κ3) is 7.29. The minimum Gasteiger partial charge on any atom is -0.469 e. The molecule has 0 aliphatic heterocycles. The van der Waals surface area contributed by atoms with Crippen LogP contribution < -0.4 is 5.32 Å². The van der Waals surface area contributed by atoms with E-state index in [4.69, 9.17) is 4.74 Å². The second-order valence-electron chi connectivity index (χ2n) is 5.61. The maximum atomic E-state index is 11.6. The topological polar surface area (TPSA) is 77.5 Å². The molecule has 0 aliphatic rings. The monoisotopic (exact) mass is 294 g/mol. The maximum Gasteiger partial charge on any atom is 0.413 e. The highest BCUT2D eigenvalue weighted by molar-refractivity contribution is 5.83. The van der Waals surface area contributed by atoms with Gasteiger partial charge in [0.15, 0.2) is 0 Å². The van der Waals surface area contributed by atoms with E-state index in [-0.39, 0.29) is 5.97 Å². The van der Waals surface area contributed by atoms with E-state index in [1.807, 2.05) is 6.07 Å². The van der Waals surface area contributed by atoms with Crippen LogP contribution in [0.5, 0.6) is 0 Å². The van der Waals surface area contributed by atoms with Gasteiger partial charge in [-0.25, -0.2) is 9.78 Å². The number of aryl methyl sites for hydroxylation is 1. The Morgan fingerprint density at radius 1 is 1.33 bits per heavy atom. The summed E-state index contributed by atoms with van der Waals surface area (Å²) in [6.07, 6.45) is 2.83. The molecule has 1 heterocycles. The molecular weight excluding hydrogens is 272 g/mol. The maximum absolute atomic E-state index is 11.6. The predicted molar refractivity (Wildman–Crippen MR) is 79.0 cm³/mol. The smallest absolute Gasteiger partial charge is 0.413 e. The van der Waals surface area contributed by atoms with Crippen molar-refractivity contribution in [2.75, 3.05) is 12.4 Å². The molecule has 0 spiro atoms. The van der Waals surface area contributed by atoms with Crippen LogP contribution >= 0.6 is 0 Å². The Labute approximate surface area is 124 Å². The van der Waals surface area contributed by atoms with Crippen LogP contribution in [-0.4, -0.2) is 29.8 Å². The number of nitrogens with zero attached hydrogens (tertiary/aromatic N) is 1. The third-order valence-corrected chi connectivity index (χ3v) is 2.53. The molecule has 0 saturated heterocycles. The fraction of sp³-hybridized carbons (Fsp3) is 0.533. The van der Waals surface area contributed by atoms with Gasteiger partial charge in [-0.3, -0.25) is 10.1 Å². The molecule has 0 bridgehead atoms. The van der Waals surface area contributed by atoms with Gasteiger partial charge >= 0.3 is 12.1 Å². The summed E-state index contributed by atoms with van der Waals surface area (Å²) in [5.74, 6) is 0.205. The number of amides is 1. The first-order chi connectivity index (χ1) is 9.80. The highest BCUT2D eigenvalue weighted by Crippen LogP contribution is 2.13. The Hall–Kier alpha value is -2.11. The second-order valence-corrected chi connectivity index (χ2v) is 5.61. The van der Waals surface area contributed by atoms with Crippen LogP contribution in [0.4, 0.5) is 10.6 Å². The molecule has 116 valence electrons. The zero-order valence-corrected chi connectivity index (χ0v) is 12.9. The summed E-state index contributed by atoms with van der Waals surface area (Å²) in [4.78, 5) is 26.8. The third-order valence-electron chi connectivity index (χ3n) is 2.53. The Morgan fingerprint density at radius 3 is 2.67 bits per heavy atom. The van der Waals surface area contributed by atoms with Crippen LogP contribution in [0.1, 0.15) is 39.2 Å². The molecule has 0 aromatic carbocycles. The van der Waals surface area contributed by atoms with Crippen LogP contribution in [-0.2, 0) is 20.7 Å². The molecule has 6 heteroatoms. The molecule has 0 radical (unpaired) electrons. The lowest BCUT2D eigenvalue weighted by molar-refractivity contribution is -0.140. The van der Waals surface area contributed by atoms with E-state index in [2.05, 4.69) is 15.0 Å². The minimum absolute atomic E-state index is 0.226. The summed E-state index contributed by atoms with van der Waals surface area (Å²) in [5.41, 5.74) is 0.433. The Balaban J connectivity index is 2.52. The van der Waals surface area contributed by atoms with Crippen LogP contribution in [0.3, 0.4) is 0 Å². The molecule has 6 nitrogen and oxygen atoms in total. The van der Waals surface area contributed by atoms with Gasteiger partial charge in [0.25, 0.3) is 0 Å². The van der Waals surface area contributed by atoms with Crippen molar-refractivity contribution in [3.8, 4) is 0 Å². The van der Waals surface area contributed by atoms with E-state index in [0.717, 1.165) is 5.56 Å². The first-order valence-corrected chi connectivity index (χ1v) is 6.82. The number of methoxy groups -OCH3 is 1. The van der Waals surface area contributed by atoms with Crippen molar-refractivity contribution < 1.29 is 19.1 Å². The van der Waals surface area contributed by atoms with Crippen molar-refractivity contribution in [3.63, 3.8) is 0 Å². The molecule has 0 saturated carbocycles. The van der Waals surface area contributed by atoms with Crippen molar-refractivity contribution in [1.29, 1.82) is 0 Å². The second kappa shape index (κ2) is 7.61. The average molecular weight is 294 g/mol. The molecule has 1 aromatic rings. The zero-order chi connectivity index (χ0) is 15.9. The van der Waals surface area contributed by atoms with Gasteiger partial charge in [0.2, 0.25) is 0 Å². The van der Waals surface area contributed by atoms with Crippen LogP contribution in [0.2, 0.25) is 0 Å². The van der Waals surface area contributed by atoms with E-state index >= 15 is 0 Å². The van der Waals surface area contributed by atoms with E-state index in [9.17, 15) is 9.59 Å². The van der Waals surface area contributed by atoms with E-state index in [0.29, 0.717) is 25.1 Å². The van der Waals surface area contributed by atoms with E-state index < -0.39 is 11.7 Å². The predicted octanol–water partition coefficient (Wildman–Crippen LogP) is 2.92. The number of rotatable bonds is 5. The number of ether oxygens (including phenoxy) is 2. The summed E-state index contributed by atoms with van der Waals surface area (Å²) in [6, 6.07) is 3.61. The zero-order valence-electron chi connectivity index (χ0n) is 12.9. The molecule has 21 heavy (non-hydrogen) atoms. The SMILES string of the molecule is COC(=O)CCCc1ccnc(NC(=O)OC(C)(C)C)c1. The highest BCUT2D eigenvalue weighted by atomic mass is 16.6. The number of anilines is 1. The summed E-state index contributed by atoms with van der Waals surface area (Å²) in [7, 11) is 1.37. The fourth-order valence-corrected chi connectivity index (χ4v) is 1.65. The van der Waals surface area contributed by atoms with Gasteiger partial charge < -0.3 is 9.47 Å². The normalized spacial score (nSPS) is 10.9. The van der Waals surface area contributed by atoms with Gasteiger partial charge in [-0.15, -0.1) is 0 Å². The minimum atomic E-state index is -0.553. The molecule has 0 unspecified atom stereocenters. The molecular formula is C15H22N2O4. The number of nitrogens with one attached hydrogen (secondary N) is 1. The van der Waals surface area contributed by atoms with Crippen molar-refractivity contribution in [3.05, 3.63) is 23.9 Å². The van der Waals surface area contributed by atoms with Gasteiger partial charge in [0.1, 0.15) is 11.4 Å². The van der Waals surface area contributed by atoms with Crippen molar-refractivity contribution >= 4 is 17.9 Å². The highest BCUT2D eigenvalue weighted by Gasteiger charge is 2.16. The van der Waals surface area contributed by atoms with Crippen molar-refractivity contribution in [1.82, 2.24) is 4.98 Å². The molecule has 1 aromatic heterocycles. The molecule has 1 rings (SSSR count). The number of aromatic nitrogens is 1. The summed E-state index contributed by atoms with van der Waals surface area (Å²) < 4.78 is 9.74. The summed E-state index contributed by atoms with van der Waals surface area (Å²) >= 11 is 0. The lowest BCUT2D eigenvalue weighted by Gasteiger charge is -2.19. The quantitative estimate of drug-likeness (QED) is 0.845. The Kier molecular flexibility index (Phi) is 6.14. The van der Waals surface area contributed by atoms with E-state index in [1.54, 1.807) is 33.0 Å². The average Bonchev–Trinajstić information content (AvgIpc) is 2.36. The van der Waals surface area contributed by atoms with Crippen molar-refractivity contribution in [2.24, 2.45) is 0 Å². The number of esters is 1. The Bertz CT molecular complexity index is 495. The molecule has 1 N–H and O–H groups in total. The van der Waals surface area contributed by atoms with Crippen LogP contribution in [0.25, 0.3) is 0 Å². The van der Waals surface area contributed by atoms with Gasteiger partial charge in [-0.05, 0) is 51.3 Å². The number of carbonyl (C=O) groups excluding carboxylic acids is 2. The number of carbonyl (C=O) groups is 2. The van der Waals surface area contributed by atoms with Gasteiger partial charge in [0, 0.05) is 12.6 Å². The summed E-state index contributed by atoms with van der Waals surface area (Å²) in [6.45, 7) is 5.38. The lowest BCUT2D eigenvalue weighted by atomic mass is 10.1. The van der Waals surface area contributed by atoms with Crippen LogP contribution in [0.15, 0.2) is 18.3 Å². The van der Waals surface area contributed by atoms with E-state index in [1.165, 1.54) is 7.11 Å². The molecule has 0 aliphatic carbocycles. The van der Waals surface area contributed by atoms with Gasteiger partial charge in [-0.1, -0.05) is 0 Å². The van der Waals surface area contributed by atoms with Gasteiger partial charge in [0.05, 0.1) is 7.11 Å². The van der Waals surface area contributed by atoms with Gasteiger partial charge in [-0.2, -0.15) is 0 Å². The summed E-state index contributed by atoms with van der Waals surface area (Å²) in [5, 5.41) is 2.59. The standard InChI is InChI=1S/C15H22N2O4/c1-15(2,3)21-14(19)17-12-10-11(8-9-16-12)6-5-7-13(18)20-4/h8-10H,5-7H2,1-4H3,(H,16,17,19). The fourth-order valence-electron chi connectivity index (χ4n) is 1.65. The number of pyridine rings is 1. The number of hydrogen-bond acceptors (Lipinski definition) is 5. The first-order valence-electron chi connectivity index (χ1n) is 6.82. The molecule has 1 amide bonds. The largest absolute Gasteiger partial charge is 0.469 e. The lowest BCUT2D eigenvalue weighted by Crippen LogP contribution is -2.27. The van der Waals surface area contributed by atoms with Crippen molar-refractivity contribution in [2.45, 2.75) is 45.6 Å². The molecule has 0 fully saturated rings. The number of hydrogen-bond donors (Lipinski definition) is 1. The van der Waals surface area contributed by atoms with Crippen LogP contribution in [0, 0.1) is 0 Å².